The number of anilines is 1. The molecule has 3 heterocycles. The van der Waals surface area contributed by atoms with Gasteiger partial charge in [0.15, 0.2) is 5.60 Å². The highest BCUT2D eigenvalue weighted by Gasteiger charge is 2.42. The lowest BCUT2D eigenvalue weighted by molar-refractivity contribution is -0.132. The molecule has 0 radical (unpaired) electrons. The van der Waals surface area contributed by atoms with Crippen LogP contribution in [0.5, 0.6) is 5.75 Å². The molecule has 5 rings (SSSR count). The van der Waals surface area contributed by atoms with E-state index in [4.69, 9.17) is 14.2 Å². The van der Waals surface area contributed by atoms with Crippen LogP contribution in [0.25, 0.3) is 6.08 Å². The van der Waals surface area contributed by atoms with Crippen LogP contribution in [0.4, 0.5) is 15.3 Å². The summed E-state index contributed by atoms with van der Waals surface area (Å²) < 4.78 is 17.1. The molecular formula is C36H46N4O7. The van der Waals surface area contributed by atoms with Gasteiger partial charge in [-0.3, -0.25) is 9.59 Å². The molecule has 4 amide bonds. The Morgan fingerprint density at radius 2 is 1.85 bits per heavy atom. The van der Waals surface area contributed by atoms with Gasteiger partial charge in [-0.05, 0) is 84.1 Å². The second-order valence-electron chi connectivity index (χ2n) is 13.9. The Morgan fingerprint density at radius 1 is 1.11 bits per heavy atom. The predicted octanol–water partition coefficient (Wildman–Crippen LogP) is 5.76. The minimum absolute atomic E-state index is 0.120. The lowest BCUT2D eigenvalue weighted by Gasteiger charge is -2.43. The largest absolute Gasteiger partial charge is 0.476 e. The second kappa shape index (κ2) is 13.7. The van der Waals surface area contributed by atoms with Crippen molar-refractivity contribution in [1.29, 1.82) is 0 Å². The van der Waals surface area contributed by atoms with Gasteiger partial charge in [-0.1, -0.05) is 42.5 Å². The smallest absolute Gasteiger partial charge is 0.410 e. The van der Waals surface area contributed by atoms with Crippen LogP contribution in [-0.2, 0) is 20.9 Å². The van der Waals surface area contributed by atoms with E-state index < -0.39 is 17.3 Å². The first-order chi connectivity index (χ1) is 22.2. The Morgan fingerprint density at radius 3 is 2.57 bits per heavy atom. The molecule has 0 aliphatic carbocycles. The van der Waals surface area contributed by atoms with Crippen LogP contribution in [0.15, 0.2) is 48.5 Å². The van der Waals surface area contributed by atoms with E-state index in [9.17, 15) is 19.2 Å². The number of benzene rings is 2. The van der Waals surface area contributed by atoms with Crippen molar-refractivity contribution in [3.05, 3.63) is 65.2 Å². The number of piperidine rings is 1. The number of rotatable bonds is 6. The van der Waals surface area contributed by atoms with Crippen molar-refractivity contribution in [3.63, 3.8) is 0 Å². The SMILES string of the molecule is CC1CC=Cc2cc3c(cc2C(=O)N1[C@@H]1CCCN(C(=O)OC(C)(C)C)C1)N(CCNC(=O)OCc1ccccc1)C(=O)C(C)(C)O3. The van der Waals surface area contributed by atoms with Crippen molar-refractivity contribution in [2.75, 3.05) is 31.1 Å². The fourth-order valence-corrected chi connectivity index (χ4v) is 6.26. The molecule has 0 spiro atoms. The molecule has 0 bridgehead atoms. The number of fused-ring (bicyclic) bond motifs is 2. The number of alkyl carbamates (subject to hydrolysis) is 1. The summed E-state index contributed by atoms with van der Waals surface area (Å²) in [6, 6.07) is 12.6. The molecule has 11 heteroatoms. The molecule has 0 aromatic heterocycles. The summed E-state index contributed by atoms with van der Waals surface area (Å²) >= 11 is 0. The molecule has 1 saturated heterocycles. The Bertz CT molecular complexity index is 1530. The molecule has 47 heavy (non-hydrogen) atoms. The van der Waals surface area contributed by atoms with Gasteiger partial charge in [-0.15, -0.1) is 0 Å². The number of likely N-dealkylation sites (tertiary alicyclic amines) is 1. The van der Waals surface area contributed by atoms with E-state index in [1.807, 2.05) is 81.1 Å². The summed E-state index contributed by atoms with van der Waals surface area (Å²) in [5.74, 6) is 0.0191. The van der Waals surface area contributed by atoms with Crippen LogP contribution in [0.2, 0.25) is 0 Å². The van der Waals surface area contributed by atoms with E-state index in [1.54, 1.807) is 29.7 Å². The van der Waals surface area contributed by atoms with E-state index in [0.717, 1.165) is 18.4 Å². The van der Waals surface area contributed by atoms with Gasteiger partial charge in [-0.2, -0.15) is 0 Å². The topological polar surface area (TPSA) is 118 Å². The maximum Gasteiger partial charge on any atom is 0.410 e. The molecule has 2 aromatic carbocycles. The minimum Gasteiger partial charge on any atom is -0.476 e. The second-order valence-corrected chi connectivity index (χ2v) is 13.9. The minimum atomic E-state index is -1.15. The molecule has 0 saturated carbocycles. The number of carbonyl (C=O) groups excluding carboxylic acids is 4. The van der Waals surface area contributed by atoms with Gasteiger partial charge < -0.3 is 34.2 Å². The van der Waals surface area contributed by atoms with Crippen molar-refractivity contribution >= 4 is 35.8 Å². The zero-order valence-electron chi connectivity index (χ0n) is 28.2. The molecule has 252 valence electrons. The molecule has 3 aliphatic rings. The van der Waals surface area contributed by atoms with Gasteiger partial charge in [0.05, 0.1) is 11.7 Å². The van der Waals surface area contributed by atoms with E-state index in [-0.39, 0.29) is 49.7 Å². The third kappa shape index (κ3) is 7.89. The molecule has 11 nitrogen and oxygen atoms in total. The summed E-state index contributed by atoms with van der Waals surface area (Å²) in [6.07, 6.45) is 5.16. The van der Waals surface area contributed by atoms with Crippen LogP contribution < -0.4 is 15.0 Å². The average molecular weight is 647 g/mol. The summed E-state index contributed by atoms with van der Waals surface area (Å²) in [4.78, 5) is 58.6. The highest BCUT2D eigenvalue weighted by molar-refractivity contribution is 6.06. The molecular weight excluding hydrogens is 600 g/mol. The number of nitrogens with zero attached hydrogens (tertiary/aromatic N) is 3. The van der Waals surface area contributed by atoms with Crippen LogP contribution >= 0.6 is 0 Å². The highest BCUT2D eigenvalue weighted by Crippen LogP contribution is 2.41. The Balaban J connectivity index is 1.37. The van der Waals surface area contributed by atoms with Crippen LogP contribution in [-0.4, -0.2) is 83.3 Å². The Kier molecular flexibility index (Phi) is 9.84. The molecule has 3 aliphatic heterocycles. The fourth-order valence-electron chi connectivity index (χ4n) is 6.26. The van der Waals surface area contributed by atoms with Crippen LogP contribution in [0.3, 0.4) is 0 Å². The van der Waals surface area contributed by atoms with E-state index in [0.29, 0.717) is 42.1 Å². The first-order valence-corrected chi connectivity index (χ1v) is 16.3. The van der Waals surface area contributed by atoms with E-state index >= 15 is 0 Å². The summed E-state index contributed by atoms with van der Waals surface area (Å²) in [7, 11) is 0. The maximum absolute atomic E-state index is 14.4. The van der Waals surface area contributed by atoms with Gasteiger partial charge >= 0.3 is 12.2 Å². The standard InChI is InChI=1S/C36H46N4O7/c1-24-12-10-15-26-20-30-29(21-28(26)31(41)40(24)27-16-11-18-38(22-27)34(44)47-35(2,3)4)39(32(42)36(5,6)46-30)19-17-37-33(43)45-23-25-13-8-7-9-14-25/h7-10,13-15,20-21,24,27H,11-12,16-19,22-23H2,1-6H3,(H,37,43)/t24?,27-/m1/s1. The number of nitrogens with one attached hydrogen (secondary N) is 1. The fraction of sp³-hybridized carbons (Fsp3) is 0.500. The summed E-state index contributed by atoms with van der Waals surface area (Å²) in [5.41, 5.74) is 0.690. The van der Waals surface area contributed by atoms with Crippen LogP contribution in [0.1, 0.15) is 82.3 Å². The number of ether oxygens (including phenoxy) is 3. The van der Waals surface area contributed by atoms with Gasteiger partial charge in [-0.25, -0.2) is 9.59 Å². The van der Waals surface area contributed by atoms with Gasteiger partial charge in [0.25, 0.3) is 11.8 Å². The maximum atomic E-state index is 14.4. The Hall–Kier alpha value is -4.54. The zero-order chi connectivity index (χ0) is 33.9. The Labute approximate surface area is 276 Å². The number of hydrogen-bond acceptors (Lipinski definition) is 7. The van der Waals surface area contributed by atoms with Crippen molar-refractivity contribution in [2.24, 2.45) is 0 Å². The quantitative estimate of drug-likeness (QED) is 0.424. The normalized spacial score (nSPS) is 20.8. The summed E-state index contributed by atoms with van der Waals surface area (Å²) in [5, 5.41) is 2.73. The molecule has 1 fully saturated rings. The number of carbonyl (C=O) groups is 4. The molecule has 1 unspecified atom stereocenters. The number of amides is 4. The predicted molar refractivity (Wildman–Crippen MR) is 178 cm³/mol. The third-order valence-corrected chi connectivity index (χ3v) is 8.52. The average Bonchev–Trinajstić information content (AvgIpc) is 3.01. The van der Waals surface area contributed by atoms with Gasteiger partial charge in [0, 0.05) is 37.8 Å². The molecule has 2 atom stereocenters. The third-order valence-electron chi connectivity index (χ3n) is 8.52. The van der Waals surface area contributed by atoms with Crippen molar-refractivity contribution < 1.29 is 33.4 Å². The molecule has 1 N–H and O–H groups in total. The van der Waals surface area contributed by atoms with E-state index in [1.165, 1.54) is 0 Å². The lowest BCUT2D eigenvalue weighted by atomic mass is 9.94. The lowest BCUT2D eigenvalue weighted by Crippen LogP contribution is -2.55. The first kappa shape index (κ1) is 33.8. The van der Waals surface area contributed by atoms with Crippen molar-refractivity contribution in [1.82, 2.24) is 15.1 Å². The zero-order valence-corrected chi connectivity index (χ0v) is 28.2. The van der Waals surface area contributed by atoms with E-state index in [2.05, 4.69) is 5.32 Å². The van der Waals surface area contributed by atoms with Crippen molar-refractivity contribution in [3.8, 4) is 5.75 Å². The van der Waals surface area contributed by atoms with Gasteiger partial charge in [0.2, 0.25) is 0 Å². The monoisotopic (exact) mass is 646 g/mol. The summed E-state index contributed by atoms with van der Waals surface area (Å²) in [6.45, 7) is 12.3. The van der Waals surface area contributed by atoms with Gasteiger partial charge in [0.1, 0.15) is 18.0 Å². The first-order valence-electron chi connectivity index (χ1n) is 16.3. The van der Waals surface area contributed by atoms with Crippen molar-refractivity contribution in [2.45, 2.75) is 90.7 Å². The number of hydrogen-bond donors (Lipinski definition) is 1. The molecule has 2 aromatic rings. The highest BCUT2D eigenvalue weighted by atomic mass is 16.6. The van der Waals surface area contributed by atoms with Crippen LogP contribution in [0, 0.1) is 0 Å².